The smallest absolute Gasteiger partial charge is 0.240 e. The number of rotatable bonds is 5. The summed E-state index contributed by atoms with van der Waals surface area (Å²) < 4.78 is 0. The lowest BCUT2D eigenvalue weighted by atomic mass is 9.86. The third-order valence-electron chi connectivity index (χ3n) is 4.25. The number of hydrogen-bond donors (Lipinski definition) is 1. The molecule has 1 atom stereocenters. The molecule has 3 nitrogen and oxygen atoms in total. The molecule has 3 heteroatoms. The number of carbonyl (C=O) groups excluding carboxylic acids is 1. The van der Waals surface area contributed by atoms with Gasteiger partial charge in [0.15, 0.2) is 0 Å². The fraction of sp³-hybridized carbons (Fsp3) is 0.611. The quantitative estimate of drug-likeness (QED) is 0.905. The summed E-state index contributed by atoms with van der Waals surface area (Å²) in [7, 11) is 0. The van der Waals surface area contributed by atoms with Crippen LogP contribution in [0.5, 0.6) is 0 Å². The fourth-order valence-electron chi connectivity index (χ4n) is 2.40. The lowest BCUT2D eigenvalue weighted by Gasteiger charge is -2.32. The van der Waals surface area contributed by atoms with Crippen LogP contribution in [0.1, 0.15) is 51.7 Å². The molecule has 0 bridgehead atoms. The van der Waals surface area contributed by atoms with Crippen molar-refractivity contribution in [3.8, 4) is 0 Å². The number of carbonyl (C=O) groups is 1. The fourth-order valence-corrected chi connectivity index (χ4v) is 2.40. The number of hydrogen-bond acceptors (Lipinski definition) is 2. The zero-order valence-corrected chi connectivity index (χ0v) is 13.7. The van der Waals surface area contributed by atoms with E-state index in [0.29, 0.717) is 12.6 Å². The zero-order valence-electron chi connectivity index (χ0n) is 13.7. The summed E-state index contributed by atoms with van der Waals surface area (Å²) in [6, 6.07) is 8.50. The van der Waals surface area contributed by atoms with Gasteiger partial charge in [-0.25, -0.2) is 0 Å². The predicted molar refractivity (Wildman–Crippen MR) is 86.8 cm³/mol. The first-order chi connectivity index (χ1) is 9.82. The van der Waals surface area contributed by atoms with Gasteiger partial charge in [-0.3, -0.25) is 4.79 Å². The standard InChI is InChI=1S/C18H28N2O/c1-5-13-6-8-14(9-7-13)12-20(15-10-11-15)17(21)16(19)18(2,3)4/h6-9,15-16H,5,10-12,19H2,1-4H3/t16-/m0/s1. The Hall–Kier alpha value is -1.35. The molecular formula is C18H28N2O. The highest BCUT2D eigenvalue weighted by Gasteiger charge is 2.38. The molecule has 0 unspecified atom stereocenters. The van der Waals surface area contributed by atoms with Gasteiger partial charge < -0.3 is 10.6 Å². The van der Waals surface area contributed by atoms with E-state index in [1.54, 1.807) is 0 Å². The molecule has 0 radical (unpaired) electrons. The molecule has 1 aliphatic rings. The SMILES string of the molecule is CCc1ccc(CN(C(=O)[C@H](N)C(C)(C)C)C2CC2)cc1. The molecular weight excluding hydrogens is 260 g/mol. The second-order valence-corrected chi connectivity index (χ2v) is 7.21. The van der Waals surface area contributed by atoms with Gasteiger partial charge in [-0.2, -0.15) is 0 Å². The summed E-state index contributed by atoms with van der Waals surface area (Å²) in [5, 5.41) is 0. The van der Waals surface area contributed by atoms with Gasteiger partial charge in [-0.1, -0.05) is 52.0 Å². The van der Waals surface area contributed by atoms with Crippen LogP contribution in [0.2, 0.25) is 0 Å². The molecule has 1 aromatic rings. The molecule has 116 valence electrons. The van der Waals surface area contributed by atoms with Crippen LogP contribution in [0.4, 0.5) is 0 Å². The van der Waals surface area contributed by atoms with Crippen molar-refractivity contribution in [3.05, 3.63) is 35.4 Å². The number of benzene rings is 1. The summed E-state index contributed by atoms with van der Waals surface area (Å²) in [5.41, 5.74) is 8.49. The molecule has 0 saturated heterocycles. The number of nitrogens with two attached hydrogens (primary N) is 1. The van der Waals surface area contributed by atoms with Crippen molar-refractivity contribution < 1.29 is 4.79 Å². The molecule has 1 aliphatic carbocycles. The van der Waals surface area contributed by atoms with Gasteiger partial charge in [0.25, 0.3) is 0 Å². The van der Waals surface area contributed by atoms with E-state index in [1.807, 2.05) is 25.7 Å². The molecule has 21 heavy (non-hydrogen) atoms. The second kappa shape index (κ2) is 6.18. The van der Waals surface area contributed by atoms with Gasteiger partial charge in [0, 0.05) is 12.6 Å². The normalized spacial score (nSPS) is 16.6. The molecule has 1 aromatic carbocycles. The highest BCUT2D eigenvalue weighted by atomic mass is 16.2. The minimum Gasteiger partial charge on any atom is -0.334 e. The van der Waals surface area contributed by atoms with Gasteiger partial charge in [-0.05, 0) is 35.8 Å². The Morgan fingerprint density at radius 3 is 2.19 bits per heavy atom. The van der Waals surface area contributed by atoms with Crippen molar-refractivity contribution in [2.45, 2.75) is 65.6 Å². The minimum absolute atomic E-state index is 0.0876. The van der Waals surface area contributed by atoms with Crippen molar-refractivity contribution in [2.24, 2.45) is 11.1 Å². The summed E-state index contributed by atoms with van der Waals surface area (Å²) in [6.45, 7) is 8.90. The maximum absolute atomic E-state index is 12.7. The van der Waals surface area contributed by atoms with Crippen LogP contribution in [0.25, 0.3) is 0 Å². The molecule has 0 aliphatic heterocycles. The van der Waals surface area contributed by atoms with E-state index < -0.39 is 6.04 Å². The molecule has 0 heterocycles. The zero-order chi connectivity index (χ0) is 15.6. The Bertz CT molecular complexity index is 483. The van der Waals surface area contributed by atoms with Crippen LogP contribution >= 0.6 is 0 Å². The van der Waals surface area contributed by atoms with Gasteiger partial charge >= 0.3 is 0 Å². The monoisotopic (exact) mass is 288 g/mol. The Kier molecular flexibility index (Phi) is 4.72. The minimum atomic E-state index is -0.437. The van der Waals surface area contributed by atoms with Gasteiger partial charge in [0.2, 0.25) is 5.91 Å². The van der Waals surface area contributed by atoms with E-state index in [2.05, 4.69) is 31.2 Å². The van der Waals surface area contributed by atoms with Crippen molar-refractivity contribution in [1.82, 2.24) is 4.90 Å². The lowest BCUT2D eigenvalue weighted by Crippen LogP contribution is -2.50. The number of nitrogens with zero attached hydrogens (tertiary/aromatic N) is 1. The van der Waals surface area contributed by atoms with Crippen LogP contribution in [-0.4, -0.2) is 22.9 Å². The van der Waals surface area contributed by atoms with E-state index in [9.17, 15) is 4.79 Å². The van der Waals surface area contributed by atoms with Gasteiger partial charge in [0.05, 0.1) is 6.04 Å². The number of amides is 1. The Labute approximate surface area is 128 Å². The van der Waals surface area contributed by atoms with Gasteiger partial charge in [0.1, 0.15) is 0 Å². The van der Waals surface area contributed by atoms with Crippen LogP contribution < -0.4 is 5.73 Å². The maximum Gasteiger partial charge on any atom is 0.240 e. The molecule has 1 fully saturated rings. The molecule has 1 saturated carbocycles. The van der Waals surface area contributed by atoms with E-state index in [-0.39, 0.29) is 11.3 Å². The van der Waals surface area contributed by atoms with Crippen LogP contribution in [0.15, 0.2) is 24.3 Å². The predicted octanol–water partition coefficient (Wildman–Crippen LogP) is 3.11. The molecule has 2 N–H and O–H groups in total. The van der Waals surface area contributed by atoms with Crippen molar-refractivity contribution in [1.29, 1.82) is 0 Å². The Morgan fingerprint density at radius 2 is 1.76 bits per heavy atom. The highest BCUT2D eigenvalue weighted by molar-refractivity contribution is 5.83. The van der Waals surface area contributed by atoms with Crippen molar-refractivity contribution in [2.75, 3.05) is 0 Å². The lowest BCUT2D eigenvalue weighted by molar-refractivity contribution is -0.136. The summed E-state index contributed by atoms with van der Waals surface area (Å²) in [4.78, 5) is 14.7. The van der Waals surface area contributed by atoms with Crippen LogP contribution in [0, 0.1) is 5.41 Å². The Balaban J connectivity index is 2.10. The van der Waals surface area contributed by atoms with E-state index in [0.717, 1.165) is 19.3 Å². The number of aryl methyl sites for hydroxylation is 1. The average Bonchev–Trinajstić information content (AvgIpc) is 3.27. The Morgan fingerprint density at radius 1 is 1.24 bits per heavy atom. The largest absolute Gasteiger partial charge is 0.334 e. The topological polar surface area (TPSA) is 46.3 Å². The first-order valence-corrected chi connectivity index (χ1v) is 7.96. The van der Waals surface area contributed by atoms with Gasteiger partial charge in [-0.15, -0.1) is 0 Å². The average molecular weight is 288 g/mol. The summed E-state index contributed by atoms with van der Waals surface area (Å²) in [5.74, 6) is 0.0876. The third-order valence-corrected chi connectivity index (χ3v) is 4.25. The first kappa shape index (κ1) is 16.0. The van der Waals surface area contributed by atoms with Crippen molar-refractivity contribution in [3.63, 3.8) is 0 Å². The molecule has 1 amide bonds. The van der Waals surface area contributed by atoms with Crippen LogP contribution in [0.3, 0.4) is 0 Å². The van der Waals surface area contributed by atoms with E-state index in [4.69, 9.17) is 5.73 Å². The van der Waals surface area contributed by atoms with Crippen molar-refractivity contribution >= 4 is 5.91 Å². The maximum atomic E-state index is 12.7. The van der Waals surface area contributed by atoms with E-state index in [1.165, 1.54) is 11.1 Å². The summed E-state index contributed by atoms with van der Waals surface area (Å²) >= 11 is 0. The highest BCUT2D eigenvalue weighted by Crippen LogP contribution is 2.31. The molecule has 2 rings (SSSR count). The van der Waals surface area contributed by atoms with Crippen LogP contribution in [-0.2, 0) is 17.8 Å². The second-order valence-electron chi connectivity index (χ2n) is 7.21. The summed E-state index contributed by atoms with van der Waals surface area (Å²) in [6.07, 6.45) is 3.26. The molecule has 0 spiro atoms. The molecule has 0 aromatic heterocycles. The van der Waals surface area contributed by atoms with E-state index >= 15 is 0 Å². The third kappa shape index (κ3) is 4.07. The first-order valence-electron chi connectivity index (χ1n) is 7.96.